The number of ether oxygens (including phenoxy) is 2. The molecule has 2 aromatic rings. The third kappa shape index (κ3) is 4.47. The number of methoxy groups -OCH3 is 1. The maximum absolute atomic E-state index is 11.1. The molecule has 8 heteroatoms. The van der Waals surface area contributed by atoms with Crippen molar-refractivity contribution in [2.75, 3.05) is 12.4 Å². The summed E-state index contributed by atoms with van der Waals surface area (Å²) in [5, 5.41) is 31.2. The lowest BCUT2D eigenvalue weighted by atomic mass is 10.2. The maximum atomic E-state index is 11.1. The van der Waals surface area contributed by atoms with E-state index in [1.165, 1.54) is 25.3 Å². The van der Waals surface area contributed by atoms with Gasteiger partial charge in [0.25, 0.3) is 5.69 Å². The molecule has 1 N–H and O–H groups in total. The van der Waals surface area contributed by atoms with Crippen LogP contribution in [0, 0.1) is 32.8 Å². The van der Waals surface area contributed by atoms with Crippen LogP contribution >= 0.6 is 0 Å². The summed E-state index contributed by atoms with van der Waals surface area (Å²) >= 11 is 0. The molecule has 25 heavy (non-hydrogen) atoms. The summed E-state index contributed by atoms with van der Waals surface area (Å²) in [6, 6.07) is 14.3. The lowest BCUT2D eigenvalue weighted by molar-refractivity contribution is -0.384. The highest BCUT2D eigenvalue weighted by Gasteiger charge is 2.12. The average Bonchev–Trinajstić information content (AvgIpc) is 2.63. The van der Waals surface area contributed by atoms with Gasteiger partial charge in [-0.1, -0.05) is 12.1 Å². The lowest BCUT2D eigenvalue weighted by Gasteiger charge is -2.11. The number of allylic oxidation sites excluding steroid dienone is 1. The van der Waals surface area contributed by atoms with Crippen molar-refractivity contribution in [1.29, 1.82) is 10.5 Å². The second kappa shape index (κ2) is 7.99. The Morgan fingerprint density at radius 3 is 2.48 bits per heavy atom. The molecular formula is C17H12N4O4. The van der Waals surface area contributed by atoms with E-state index >= 15 is 0 Å². The van der Waals surface area contributed by atoms with Crippen molar-refractivity contribution in [2.24, 2.45) is 0 Å². The lowest BCUT2D eigenvalue weighted by Crippen LogP contribution is -1.96. The van der Waals surface area contributed by atoms with Gasteiger partial charge >= 0.3 is 0 Å². The number of benzene rings is 2. The number of non-ortho nitro benzene ring substituents is 1. The first-order chi connectivity index (χ1) is 12.1. The number of para-hydroxylation sites is 2. The van der Waals surface area contributed by atoms with Crippen LogP contribution in [0.3, 0.4) is 0 Å². The van der Waals surface area contributed by atoms with Gasteiger partial charge in [-0.05, 0) is 12.1 Å². The van der Waals surface area contributed by atoms with Crippen LogP contribution in [0.25, 0.3) is 0 Å². The summed E-state index contributed by atoms with van der Waals surface area (Å²) in [4.78, 5) is 10.5. The average molecular weight is 336 g/mol. The molecule has 0 spiro atoms. The molecule has 0 unspecified atom stereocenters. The summed E-state index contributed by atoms with van der Waals surface area (Å²) in [6.07, 6.45) is 1.16. The number of nitro benzene ring substituents is 1. The molecule has 0 saturated heterocycles. The third-order valence-electron chi connectivity index (χ3n) is 3.02. The molecule has 124 valence electrons. The van der Waals surface area contributed by atoms with Crippen molar-refractivity contribution in [3.05, 3.63) is 64.4 Å². The Kier molecular flexibility index (Phi) is 5.54. The molecule has 2 aromatic carbocycles. The van der Waals surface area contributed by atoms with Crippen LogP contribution in [0.4, 0.5) is 11.4 Å². The highest BCUT2D eigenvalue weighted by Crippen LogP contribution is 2.34. The molecule has 2 rings (SSSR count). The van der Waals surface area contributed by atoms with Gasteiger partial charge in [0.15, 0.2) is 11.5 Å². The molecular weight excluding hydrogens is 324 g/mol. The van der Waals surface area contributed by atoms with Gasteiger partial charge in [-0.3, -0.25) is 10.1 Å². The molecule has 0 bridgehead atoms. The predicted octanol–water partition coefficient (Wildman–Crippen LogP) is 3.74. The number of rotatable bonds is 6. The second-order valence-corrected chi connectivity index (χ2v) is 4.65. The first-order valence-corrected chi connectivity index (χ1v) is 6.94. The van der Waals surface area contributed by atoms with Gasteiger partial charge in [0.05, 0.1) is 18.1 Å². The van der Waals surface area contributed by atoms with E-state index in [2.05, 4.69) is 5.32 Å². The van der Waals surface area contributed by atoms with E-state index in [0.717, 1.165) is 6.20 Å². The molecule has 0 aliphatic rings. The van der Waals surface area contributed by atoms with Crippen LogP contribution in [0.2, 0.25) is 0 Å². The number of nitriles is 2. The molecule has 0 heterocycles. The minimum Gasteiger partial charge on any atom is -0.493 e. The van der Waals surface area contributed by atoms with E-state index in [0.29, 0.717) is 17.2 Å². The van der Waals surface area contributed by atoms with E-state index in [9.17, 15) is 10.1 Å². The number of anilines is 1. The summed E-state index contributed by atoms with van der Waals surface area (Å²) in [5.74, 6) is 1.06. The zero-order valence-electron chi connectivity index (χ0n) is 13.1. The SMILES string of the molecule is COc1ccccc1Oc1cc(NC=C(C#N)C#N)cc([N+](=O)[O-])c1. The highest BCUT2D eigenvalue weighted by atomic mass is 16.6. The predicted molar refractivity (Wildman–Crippen MR) is 89.1 cm³/mol. The van der Waals surface area contributed by atoms with Crippen LogP contribution in [0.1, 0.15) is 0 Å². The molecule has 0 saturated carbocycles. The van der Waals surface area contributed by atoms with E-state index in [1.807, 2.05) is 0 Å². The Bertz CT molecular complexity index is 894. The summed E-state index contributed by atoms with van der Waals surface area (Å²) in [7, 11) is 1.48. The number of hydrogen-bond acceptors (Lipinski definition) is 7. The van der Waals surface area contributed by atoms with Gasteiger partial charge in [-0.2, -0.15) is 10.5 Å². The fraction of sp³-hybridized carbons (Fsp3) is 0.0588. The van der Waals surface area contributed by atoms with Crippen LogP contribution in [0.5, 0.6) is 17.2 Å². The highest BCUT2D eigenvalue weighted by molar-refractivity contribution is 5.59. The first kappa shape index (κ1) is 17.3. The number of nitrogens with one attached hydrogen (secondary N) is 1. The van der Waals surface area contributed by atoms with E-state index in [-0.39, 0.29) is 17.0 Å². The van der Waals surface area contributed by atoms with Crippen molar-refractivity contribution < 1.29 is 14.4 Å². The largest absolute Gasteiger partial charge is 0.493 e. The number of nitrogens with zero attached hydrogens (tertiary/aromatic N) is 3. The van der Waals surface area contributed by atoms with E-state index < -0.39 is 4.92 Å². The smallest absolute Gasteiger partial charge is 0.275 e. The summed E-state index contributed by atoms with van der Waals surface area (Å²) in [6.45, 7) is 0. The van der Waals surface area contributed by atoms with Gasteiger partial charge in [-0.25, -0.2) is 0 Å². The quantitative estimate of drug-likeness (QED) is 0.484. The zero-order chi connectivity index (χ0) is 18.2. The van der Waals surface area contributed by atoms with Gasteiger partial charge < -0.3 is 14.8 Å². The summed E-state index contributed by atoms with van der Waals surface area (Å²) in [5.41, 5.74) is -0.0837. The van der Waals surface area contributed by atoms with Crippen LogP contribution < -0.4 is 14.8 Å². The molecule has 0 radical (unpaired) electrons. The van der Waals surface area contributed by atoms with Crippen molar-refractivity contribution in [1.82, 2.24) is 0 Å². The molecule has 8 nitrogen and oxygen atoms in total. The monoisotopic (exact) mass is 336 g/mol. The molecule has 0 aliphatic heterocycles. The van der Waals surface area contributed by atoms with Gasteiger partial charge in [-0.15, -0.1) is 0 Å². The van der Waals surface area contributed by atoms with Crippen LogP contribution in [0.15, 0.2) is 54.2 Å². The first-order valence-electron chi connectivity index (χ1n) is 6.94. The van der Waals surface area contributed by atoms with Gasteiger partial charge in [0.1, 0.15) is 23.5 Å². The fourth-order valence-corrected chi connectivity index (χ4v) is 1.91. The Balaban J connectivity index is 2.38. The molecule has 0 aliphatic carbocycles. The van der Waals surface area contributed by atoms with Crippen molar-refractivity contribution in [3.8, 4) is 29.4 Å². The van der Waals surface area contributed by atoms with Crippen molar-refractivity contribution in [2.45, 2.75) is 0 Å². The molecule has 0 amide bonds. The van der Waals surface area contributed by atoms with E-state index in [4.69, 9.17) is 20.0 Å². The second-order valence-electron chi connectivity index (χ2n) is 4.65. The molecule has 0 atom stereocenters. The fourth-order valence-electron chi connectivity index (χ4n) is 1.91. The Morgan fingerprint density at radius 1 is 1.20 bits per heavy atom. The standard InChI is InChI=1S/C17H12N4O4/c1-24-16-4-2-3-5-17(16)25-15-7-13(6-14(8-15)21(22)23)20-11-12(9-18)10-19/h2-8,11,20H,1H3. The Morgan fingerprint density at radius 2 is 1.88 bits per heavy atom. The Hall–Kier alpha value is -4.04. The molecule has 0 aromatic heterocycles. The van der Waals surface area contributed by atoms with E-state index in [1.54, 1.807) is 36.4 Å². The normalized spacial score (nSPS) is 9.24. The topological polar surface area (TPSA) is 121 Å². The molecule has 0 fully saturated rings. The van der Waals surface area contributed by atoms with Crippen LogP contribution in [-0.2, 0) is 0 Å². The van der Waals surface area contributed by atoms with Crippen molar-refractivity contribution >= 4 is 11.4 Å². The Labute approximate surface area is 143 Å². The minimum absolute atomic E-state index is 0.168. The minimum atomic E-state index is -0.570. The van der Waals surface area contributed by atoms with Gasteiger partial charge in [0, 0.05) is 24.0 Å². The van der Waals surface area contributed by atoms with Gasteiger partial charge in [0.2, 0.25) is 0 Å². The summed E-state index contributed by atoms with van der Waals surface area (Å²) < 4.78 is 10.8. The number of nitro groups is 1. The maximum Gasteiger partial charge on any atom is 0.275 e. The zero-order valence-corrected chi connectivity index (χ0v) is 13.1. The number of hydrogen-bond donors (Lipinski definition) is 1. The third-order valence-corrected chi connectivity index (χ3v) is 3.02. The van der Waals surface area contributed by atoms with Crippen molar-refractivity contribution in [3.63, 3.8) is 0 Å². The van der Waals surface area contributed by atoms with Crippen LogP contribution in [-0.4, -0.2) is 12.0 Å².